The Morgan fingerprint density at radius 2 is 1.63 bits per heavy atom. The number of carbonyl (C=O) groups excluding carboxylic acids is 2. The third-order valence-electron chi connectivity index (χ3n) is 5.35. The van der Waals surface area contributed by atoms with Crippen LogP contribution in [0.15, 0.2) is 48.5 Å². The molecule has 3 aromatic rings. The largest absolute Gasteiger partial charge is 0.355 e. The molecule has 1 heterocycles. The van der Waals surface area contributed by atoms with Gasteiger partial charge in [-0.3, -0.25) is 9.59 Å². The second kappa shape index (κ2) is 8.71. The van der Waals surface area contributed by atoms with Crippen LogP contribution in [0.2, 0.25) is 5.02 Å². The van der Waals surface area contributed by atoms with E-state index < -0.39 is 0 Å². The van der Waals surface area contributed by atoms with Gasteiger partial charge in [-0.2, -0.15) is 5.10 Å². The second-order valence-electron chi connectivity index (χ2n) is 7.33. The highest BCUT2D eigenvalue weighted by Gasteiger charge is 2.25. The monoisotopic (exact) mass is 422 g/mol. The molecule has 0 fully saturated rings. The molecule has 0 aliphatic heterocycles. The number of hydrogen-bond acceptors (Lipinski definition) is 3. The number of carbonyl (C=O) groups is 2. The maximum atomic E-state index is 13.1. The predicted octanol–water partition coefficient (Wildman–Crippen LogP) is 4.41. The van der Waals surface area contributed by atoms with Crippen molar-refractivity contribution in [1.82, 2.24) is 15.1 Å². The van der Waals surface area contributed by atoms with Gasteiger partial charge in [-0.25, -0.2) is 4.68 Å². The van der Waals surface area contributed by atoms with Gasteiger partial charge < -0.3 is 10.6 Å². The minimum absolute atomic E-state index is 0.167. The Morgan fingerprint density at radius 1 is 0.933 bits per heavy atom. The second-order valence-corrected chi connectivity index (χ2v) is 7.77. The number of hydrogen-bond donors (Lipinski definition) is 2. The summed E-state index contributed by atoms with van der Waals surface area (Å²) in [6, 6.07) is 14.3. The summed E-state index contributed by atoms with van der Waals surface area (Å²) in [6.45, 7) is 0. The highest BCUT2D eigenvalue weighted by atomic mass is 35.5. The molecule has 4 rings (SSSR count). The first-order chi connectivity index (χ1) is 14.6. The fourth-order valence-corrected chi connectivity index (χ4v) is 3.92. The number of amides is 2. The molecule has 1 aliphatic rings. The first-order valence-electron chi connectivity index (χ1n) is 10.1. The molecular formula is C23H23ClN4O2. The topological polar surface area (TPSA) is 76.0 Å². The lowest BCUT2D eigenvalue weighted by atomic mass is 10.1. The summed E-state index contributed by atoms with van der Waals surface area (Å²) in [6.07, 6.45) is 4.98. The number of benzene rings is 2. The van der Waals surface area contributed by atoms with Gasteiger partial charge >= 0.3 is 0 Å². The molecule has 1 aliphatic carbocycles. The fraction of sp³-hybridized carbons (Fsp3) is 0.261. The zero-order valence-electron chi connectivity index (χ0n) is 16.7. The van der Waals surface area contributed by atoms with E-state index in [4.69, 9.17) is 11.6 Å². The zero-order valence-corrected chi connectivity index (χ0v) is 17.5. The Balaban J connectivity index is 1.65. The van der Waals surface area contributed by atoms with Crippen LogP contribution < -0.4 is 10.6 Å². The third kappa shape index (κ3) is 4.09. The van der Waals surface area contributed by atoms with E-state index in [0.29, 0.717) is 22.0 Å². The Hall–Kier alpha value is -3.12. The van der Waals surface area contributed by atoms with Crippen LogP contribution in [0.3, 0.4) is 0 Å². The molecule has 0 bridgehead atoms. The van der Waals surface area contributed by atoms with Crippen molar-refractivity contribution in [3.05, 3.63) is 76.1 Å². The van der Waals surface area contributed by atoms with Crippen molar-refractivity contribution in [2.45, 2.75) is 32.1 Å². The van der Waals surface area contributed by atoms with Gasteiger partial charge in [-0.1, -0.05) is 18.0 Å². The maximum absolute atomic E-state index is 13.1. The van der Waals surface area contributed by atoms with E-state index in [1.165, 1.54) is 0 Å². The first-order valence-corrected chi connectivity index (χ1v) is 10.4. The Morgan fingerprint density at radius 3 is 2.33 bits per heavy atom. The lowest BCUT2D eigenvalue weighted by Gasteiger charge is -2.07. The minimum Gasteiger partial charge on any atom is -0.355 e. The highest BCUT2D eigenvalue weighted by molar-refractivity contribution is 6.30. The molecule has 2 N–H and O–H groups in total. The van der Waals surface area contributed by atoms with Crippen LogP contribution in [0.1, 0.15) is 51.4 Å². The number of aromatic nitrogens is 2. The van der Waals surface area contributed by atoms with E-state index >= 15 is 0 Å². The van der Waals surface area contributed by atoms with Crippen molar-refractivity contribution in [2.24, 2.45) is 0 Å². The molecule has 0 saturated carbocycles. The average molecular weight is 423 g/mol. The van der Waals surface area contributed by atoms with Gasteiger partial charge in [0.2, 0.25) is 0 Å². The van der Waals surface area contributed by atoms with E-state index in [0.717, 1.165) is 49.0 Å². The molecule has 6 nitrogen and oxygen atoms in total. The lowest BCUT2D eigenvalue weighted by Crippen LogP contribution is -2.18. The summed E-state index contributed by atoms with van der Waals surface area (Å²) in [5.74, 6) is -0.409. The molecule has 2 aromatic carbocycles. The molecule has 0 spiro atoms. The molecule has 7 heteroatoms. The zero-order chi connectivity index (χ0) is 21.1. The Kier molecular flexibility index (Phi) is 5.86. The van der Waals surface area contributed by atoms with Gasteiger partial charge in [0, 0.05) is 34.6 Å². The average Bonchev–Trinajstić information content (AvgIpc) is 2.95. The van der Waals surface area contributed by atoms with Crippen molar-refractivity contribution >= 4 is 29.1 Å². The fourth-order valence-electron chi connectivity index (χ4n) is 3.79. The summed E-state index contributed by atoms with van der Waals surface area (Å²) < 4.78 is 1.88. The predicted molar refractivity (Wildman–Crippen MR) is 118 cm³/mol. The van der Waals surface area contributed by atoms with Crippen LogP contribution in [0.4, 0.5) is 5.69 Å². The van der Waals surface area contributed by atoms with Crippen LogP contribution in [0.5, 0.6) is 0 Å². The number of nitrogens with one attached hydrogen (secondary N) is 2. The van der Waals surface area contributed by atoms with Crippen molar-refractivity contribution in [1.29, 1.82) is 0 Å². The van der Waals surface area contributed by atoms with Crippen LogP contribution in [-0.4, -0.2) is 28.6 Å². The standard InChI is InChI=1S/C23H23ClN4O2/c1-25-22(29)15-7-11-17(12-8-15)26-23(30)21-19-5-3-2-4-6-20(19)28(27-21)18-13-9-16(24)10-14-18/h7-14H,2-6H2,1H3,(H,25,29)(H,26,30). The number of fused-ring (bicyclic) bond motifs is 1. The van der Waals surface area contributed by atoms with E-state index in [2.05, 4.69) is 15.7 Å². The number of nitrogens with zero attached hydrogens (tertiary/aromatic N) is 2. The molecular weight excluding hydrogens is 400 g/mol. The molecule has 0 unspecified atom stereocenters. The smallest absolute Gasteiger partial charge is 0.276 e. The van der Waals surface area contributed by atoms with Gasteiger partial charge in [0.1, 0.15) is 0 Å². The van der Waals surface area contributed by atoms with Gasteiger partial charge in [0.05, 0.1) is 5.69 Å². The first kappa shape index (κ1) is 20.2. The lowest BCUT2D eigenvalue weighted by molar-refractivity contribution is 0.0962. The molecule has 0 atom stereocenters. The van der Waals surface area contributed by atoms with Crippen molar-refractivity contribution in [3.8, 4) is 5.69 Å². The van der Waals surface area contributed by atoms with E-state index in [9.17, 15) is 9.59 Å². The van der Waals surface area contributed by atoms with Gasteiger partial charge in [0.15, 0.2) is 5.69 Å². The van der Waals surface area contributed by atoms with Crippen LogP contribution in [0, 0.1) is 0 Å². The molecule has 2 amide bonds. The molecule has 0 saturated heterocycles. The number of rotatable bonds is 4. The molecule has 154 valence electrons. The van der Waals surface area contributed by atoms with E-state index in [-0.39, 0.29) is 11.8 Å². The quantitative estimate of drug-likeness (QED) is 0.611. The van der Waals surface area contributed by atoms with Gasteiger partial charge in [-0.15, -0.1) is 0 Å². The Labute approximate surface area is 180 Å². The number of anilines is 1. The summed E-state index contributed by atoms with van der Waals surface area (Å²) in [5, 5.41) is 10.8. The SMILES string of the molecule is CNC(=O)c1ccc(NC(=O)c2nn(-c3ccc(Cl)cc3)c3c2CCCCC3)cc1. The van der Waals surface area contributed by atoms with E-state index in [1.54, 1.807) is 31.3 Å². The molecule has 1 aromatic heterocycles. The van der Waals surface area contributed by atoms with Gasteiger partial charge in [0.25, 0.3) is 11.8 Å². The van der Waals surface area contributed by atoms with E-state index in [1.807, 2.05) is 28.9 Å². The number of halogens is 1. The summed E-state index contributed by atoms with van der Waals surface area (Å²) in [4.78, 5) is 24.8. The third-order valence-corrected chi connectivity index (χ3v) is 5.60. The normalized spacial score (nSPS) is 13.3. The minimum atomic E-state index is -0.242. The summed E-state index contributed by atoms with van der Waals surface area (Å²) in [5.41, 5.74) is 4.62. The summed E-state index contributed by atoms with van der Waals surface area (Å²) in [7, 11) is 1.58. The van der Waals surface area contributed by atoms with Crippen LogP contribution in [0.25, 0.3) is 5.69 Å². The van der Waals surface area contributed by atoms with Crippen molar-refractivity contribution < 1.29 is 9.59 Å². The van der Waals surface area contributed by atoms with Crippen LogP contribution in [-0.2, 0) is 12.8 Å². The molecule has 0 radical (unpaired) electrons. The summed E-state index contributed by atoms with van der Waals surface area (Å²) >= 11 is 6.04. The van der Waals surface area contributed by atoms with Crippen LogP contribution >= 0.6 is 11.6 Å². The van der Waals surface area contributed by atoms with Crippen molar-refractivity contribution in [3.63, 3.8) is 0 Å². The van der Waals surface area contributed by atoms with Gasteiger partial charge in [-0.05, 0) is 74.2 Å². The molecule has 30 heavy (non-hydrogen) atoms. The van der Waals surface area contributed by atoms with Crippen molar-refractivity contribution in [2.75, 3.05) is 12.4 Å². The highest BCUT2D eigenvalue weighted by Crippen LogP contribution is 2.27. The maximum Gasteiger partial charge on any atom is 0.276 e. The Bertz CT molecular complexity index is 1070.